The molecular formula is C28H29ClF2N2O3S2. The zero-order valence-corrected chi connectivity index (χ0v) is 23.4. The molecule has 0 fully saturated rings. The second-order valence-electron chi connectivity index (χ2n) is 9.24. The fourth-order valence-corrected chi connectivity index (χ4v) is 7.59. The molecule has 0 saturated heterocycles. The summed E-state index contributed by atoms with van der Waals surface area (Å²) in [7, 11) is -4.09. The highest BCUT2D eigenvalue weighted by Crippen LogP contribution is 2.35. The first-order valence-corrected chi connectivity index (χ1v) is 14.9. The first-order valence-electron chi connectivity index (χ1n) is 12.2. The van der Waals surface area contributed by atoms with Crippen LogP contribution in [0.25, 0.3) is 10.1 Å². The molecule has 0 amide bonds. The summed E-state index contributed by atoms with van der Waals surface area (Å²) in [5.41, 5.74) is 2.98. The summed E-state index contributed by atoms with van der Waals surface area (Å²) in [5.74, 6) is -1.55. The van der Waals surface area contributed by atoms with E-state index in [1.54, 1.807) is 25.1 Å². The van der Waals surface area contributed by atoms with Gasteiger partial charge < -0.3 is 10.4 Å². The third-order valence-electron chi connectivity index (χ3n) is 6.33. The third kappa shape index (κ3) is 6.97. The monoisotopic (exact) mass is 578 g/mol. The number of nitrogens with one attached hydrogen (secondary N) is 2. The van der Waals surface area contributed by atoms with E-state index in [0.717, 1.165) is 51.6 Å². The predicted molar refractivity (Wildman–Crippen MR) is 149 cm³/mol. The van der Waals surface area contributed by atoms with Crippen LogP contribution in [0.4, 0.5) is 8.78 Å². The highest BCUT2D eigenvalue weighted by molar-refractivity contribution is 7.91. The average Bonchev–Trinajstić information content (AvgIpc) is 3.19. The maximum atomic E-state index is 13.9. The van der Waals surface area contributed by atoms with Crippen LogP contribution in [0.1, 0.15) is 29.2 Å². The molecular weight excluding hydrogens is 550 g/mol. The van der Waals surface area contributed by atoms with Gasteiger partial charge in [-0.1, -0.05) is 42.8 Å². The number of hydrogen-bond donors (Lipinski definition) is 3. The molecule has 5 nitrogen and oxygen atoms in total. The predicted octanol–water partition coefficient (Wildman–Crippen LogP) is 5.74. The minimum absolute atomic E-state index is 0.0579. The van der Waals surface area contributed by atoms with Gasteiger partial charge in [0.25, 0.3) is 10.0 Å². The first-order chi connectivity index (χ1) is 18.1. The van der Waals surface area contributed by atoms with E-state index in [9.17, 15) is 22.3 Å². The van der Waals surface area contributed by atoms with E-state index in [1.165, 1.54) is 5.56 Å². The molecule has 3 N–H and O–H groups in total. The number of aryl methyl sites for hydroxylation is 2. The van der Waals surface area contributed by atoms with Crippen LogP contribution in [0.3, 0.4) is 0 Å². The number of rotatable bonds is 11. The van der Waals surface area contributed by atoms with Gasteiger partial charge in [-0.3, -0.25) is 0 Å². The Labute approximate surface area is 230 Å². The van der Waals surface area contributed by atoms with E-state index < -0.39 is 33.8 Å². The number of fused-ring (bicyclic) bond motifs is 1. The molecule has 2 atom stereocenters. The Hall–Kier alpha value is -2.40. The van der Waals surface area contributed by atoms with Gasteiger partial charge in [-0.25, -0.2) is 21.9 Å². The van der Waals surface area contributed by atoms with Crippen LogP contribution in [0.2, 0.25) is 5.02 Å². The molecule has 0 aliphatic rings. The molecule has 0 aliphatic carbocycles. The van der Waals surface area contributed by atoms with Crippen LogP contribution >= 0.6 is 22.9 Å². The van der Waals surface area contributed by atoms with Gasteiger partial charge in [0, 0.05) is 28.9 Å². The average molecular weight is 579 g/mol. The number of benzene rings is 3. The molecule has 0 radical (unpaired) electrons. The van der Waals surface area contributed by atoms with Gasteiger partial charge >= 0.3 is 0 Å². The number of hydrogen-bond acceptors (Lipinski definition) is 5. The summed E-state index contributed by atoms with van der Waals surface area (Å²) in [4.78, 5) is 0. The normalized spacial score (nSPS) is 13.6. The van der Waals surface area contributed by atoms with Crippen LogP contribution in [0, 0.1) is 18.6 Å². The largest absolute Gasteiger partial charge is 0.390 e. The second kappa shape index (κ2) is 12.2. The molecule has 0 saturated carbocycles. The van der Waals surface area contributed by atoms with Crippen molar-refractivity contribution < 1.29 is 22.3 Å². The molecule has 3 aromatic carbocycles. The molecule has 2 unspecified atom stereocenters. The topological polar surface area (TPSA) is 78.4 Å². The first kappa shape index (κ1) is 28.6. The minimum Gasteiger partial charge on any atom is -0.390 e. The number of halogens is 3. The minimum atomic E-state index is -4.09. The molecule has 4 rings (SSSR count). The van der Waals surface area contributed by atoms with E-state index in [-0.39, 0.29) is 22.7 Å². The van der Waals surface area contributed by atoms with Crippen LogP contribution in [-0.2, 0) is 29.4 Å². The zero-order valence-electron chi connectivity index (χ0n) is 21.0. The van der Waals surface area contributed by atoms with Gasteiger partial charge in [-0.05, 0) is 77.7 Å². The van der Waals surface area contributed by atoms with Crippen molar-refractivity contribution in [1.82, 2.24) is 10.0 Å². The molecule has 0 aliphatic heterocycles. The Balaban J connectivity index is 1.57. The summed E-state index contributed by atoms with van der Waals surface area (Å²) in [5, 5.41) is 15.4. The Bertz CT molecular complexity index is 1520. The fraction of sp³-hybridized carbons (Fsp3) is 0.286. The van der Waals surface area contributed by atoms with Crippen LogP contribution < -0.4 is 10.0 Å². The Morgan fingerprint density at radius 1 is 1.00 bits per heavy atom. The standard InChI is InChI=1S/C28H29ClF2N2O3S2/c1-3-18-5-4-6-19(9-18)15-32-16-26(34)25(12-20-10-22(30)14-23(31)11-20)33-38(35,36)28-17(2)24-13-21(29)7-8-27(24)37-28/h4-11,13-14,25-26,32-34H,3,12,15-16H2,1-2H3. The SMILES string of the molecule is CCc1cccc(CNCC(O)C(Cc2cc(F)cc(F)c2)NS(=O)(=O)c2sc3ccc(Cl)cc3c2C)c1. The van der Waals surface area contributed by atoms with Crippen molar-refractivity contribution in [3.63, 3.8) is 0 Å². The number of aliphatic hydroxyl groups excluding tert-OH is 1. The van der Waals surface area contributed by atoms with Gasteiger partial charge in [0.2, 0.25) is 0 Å². The molecule has 4 aromatic rings. The smallest absolute Gasteiger partial charge is 0.250 e. The number of sulfonamides is 1. The van der Waals surface area contributed by atoms with Gasteiger partial charge in [0.1, 0.15) is 15.8 Å². The van der Waals surface area contributed by atoms with E-state index in [0.29, 0.717) is 17.1 Å². The lowest BCUT2D eigenvalue weighted by atomic mass is 10.0. The van der Waals surface area contributed by atoms with Crippen LogP contribution in [0.5, 0.6) is 0 Å². The molecule has 202 valence electrons. The lowest BCUT2D eigenvalue weighted by Gasteiger charge is -2.25. The van der Waals surface area contributed by atoms with Crippen molar-refractivity contribution in [2.45, 2.75) is 49.6 Å². The highest BCUT2D eigenvalue weighted by Gasteiger charge is 2.29. The Morgan fingerprint density at radius 3 is 2.42 bits per heavy atom. The summed E-state index contributed by atoms with van der Waals surface area (Å²) >= 11 is 7.20. The zero-order chi connectivity index (χ0) is 27.4. The van der Waals surface area contributed by atoms with E-state index in [1.807, 2.05) is 18.2 Å². The van der Waals surface area contributed by atoms with Crippen molar-refractivity contribution >= 4 is 43.0 Å². The molecule has 0 bridgehead atoms. The van der Waals surface area contributed by atoms with Gasteiger partial charge in [0.05, 0.1) is 12.1 Å². The molecule has 1 heterocycles. The number of thiophene rings is 1. The van der Waals surface area contributed by atoms with E-state index in [4.69, 9.17) is 11.6 Å². The van der Waals surface area contributed by atoms with Gasteiger partial charge in [-0.2, -0.15) is 0 Å². The third-order valence-corrected chi connectivity index (χ3v) is 9.95. The molecule has 0 spiro atoms. The maximum absolute atomic E-state index is 13.9. The summed E-state index contributed by atoms with van der Waals surface area (Å²) in [6.45, 7) is 4.29. The summed E-state index contributed by atoms with van der Waals surface area (Å²) in [6, 6.07) is 15.1. The maximum Gasteiger partial charge on any atom is 0.250 e. The molecule has 1 aromatic heterocycles. The fourth-order valence-electron chi connectivity index (χ4n) is 4.38. The molecule has 10 heteroatoms. The lowest BCUT2D eigenvalue weighted by Crippen LogP contribution is -2.48. The van der Waals surface area contributed by atoms with Crippen molar-refractivity contribution in [1.29, 1.82) is 0 Å². The van der Waals surface area contributed by atoms with Crippen molar-refractivity contribution in [2.75, 3.05) is 6.54 Å². The van der Waals surface area contributed by atoms with Gasteiger partial charge in [0.15, 0.2) is 0 Å². The van der Waals surface area contributed by atoms with Crippen molar-refractivity contribution in [2.24, 2.45) is 0 Å². The summed E-state index contributed by atoms with van der Waals surface area (Å²) < 4.78 is 58.2. The quantitative estimate of drug-likeness (QED) is 0.212. The number of aliphatic hydroxyl groups is 1. The van der Waals surface area contributed by atoms with E-state index in [2.05, 4.69) is 23.0 Å². The Kier molecular flexibility index (Phi) is 9.18. The van der Waals surface area contributed by atoms with E-state index >= 15 is 0 Å². The van der Waals surface area contributed by atoms with Crippen molar-refractivity contribution in [3.8, 4) is 0 Å². The van der Waals surface area contributed by atoms with Gasteiger partial charge in [-0.15, -0.1) is 11.3 Å². The lowest BCUT2D eigenvalue weighted by molar-refractivity contribution is 0.134. The van der Waals surface area contributed by atoms with Crippen molar-refractivity contribution in [3.05, 3.63) is 99.6 Å². The van der Waals surface area contributed by atoms with Crippen LogP contribution in [-0.4, -0.2) is 32.2 Å². The highest BCUT2D eigenvalue weighted by atomic mass is 35.5. The molecule has 38 heavy (non-hydrogen) atoms. The Morgan fingerprint density at radius 2 is 1.71 bits per heavy atom. The summed E-state index contributed by atoms with van der Waals surface area (Å²) in [6.07, 6.45) is -0.402. The van der Waals surface area contributed by atoms with Crippen LogP contribution in [0.15, 0.2) is 64.9 Å². The second-order valence-corrected chi connectivity index (χ2v) is 12.6.